The van der Waals surface area contributed by atoms with Gasteiger partial charge in [-0.1, -0.05) is 24.3 Å². The summed E-state index contributed by atoms with van der Waals surface area (Å²) in [6, 6.07) is 20.4. The lowest BCUT2D eigenvalue weighted by Crippen LogP contribution is -2.29. The van der Waals surface area contributed by atoms with Crippen molar-refractivity contribution in [2.75, 3.05) is 20.8 Å². The smallest absolute Gasteiger partial charge is 0.295 e. The number of carbonyl (C=O) groups excluding carboxylic acids is 2. The zero-order chi connectivity index (χ0) is 24.9. The summed E-state index contributed by atoms with van der Waals surface area (Å²) in [6.45, 7) is 2.53. The summed E-state index contributed by atoms with van der Waals surface area (Å²) in [6.07, 6.45) is 0. The molecule has 1 saturated heterocycles. The molecule has 3 aromatic rings. The number of rotatable bonds is 8. The monoisotopic (exact) mass is 473 g/mol. The van der Waals surface area contributed by atoms with E-state index in [2.05, 4.69) is 0 Å². The first-order valence-corrected chi connectivity index (χ1v) is 11.2. The van der Waals surface area contributed by atoms with Crippen LogP contribution in [0.4, 0.5) is 0 Å². The molecule has 1 fully saturated rings. The van der Waals surface area contributed by atoms with E-state index >= 15 is 0 Å². The molecule has 0 saturated carbocycles. The summed E-state index contributed by atoms with van der Waals surface area (Å²) >= 11 is 0. The van der Waals surface area contributed by atoms with Gasteiger partial charge in [-0.3, -0.25) is 9.59 Å². The summed E-state index contributed by atoms with van der Waals surface area (Å²) < 4.78 is 16.1. The molecule has 1 aliphatic heterocycles. The van der Waals surface area contributed by atoms with Crippen LogP contribution < -0.4 is 14.2 Å². The van der Waals surface area contributed by atoms with Gasteiger partial charge in [0, 0.05) is 12.1 Å². The molecule has 7 nitrogen and oxygen atoms in total. The minimum atomic E-state index is -0.792. The number of benzene rings is 3. The number of amides is 1. The van der Waals surface area contributed by atoms with E-state index in [1.54, 1.807) is 62.8 Å². The van der Waals surface area contributed by atoms with Crippen LogP contribution in [-0.4, -0.2) is 42.5 Å². The Labute approximate surface area is 204 Å². The summed E-state index contributed by atoms with van der Waals surface area (Å²) in [4.78, 5) is 28.0. The quantitative estimate of drug-likeness (QED) is 0.289. The SMILES string of the molecule is CCOc1cccc(C2/C(=C(/O)c3ccc(OC)cc3)C(=O)C(=O)N2Cc2ccc(OC)cc2)c1. The van der Waals surface area contributed by atoms with Crippen molar-refractivity contribution in [1.82, 2.24) is 4.90 Å². The van der Waals surface area contributed by atoms with E-state index in [1.807, 2.05) is 31.2 Å². The number of carbonyl (C=O) groups is 2. The highest BCUT2D eigenvalue weighted by Gasteiger charge is 2.46. The zero-order valence-corrected chi connectivity index (χ0v) is 19.9. The number of Topliss-reactive ketones (excluding diaryl/α,β-unsaturated/α-hetero) is 1. The standard InChI is InChI=1S/C28H27NO6/c1-4-35-23-7-5-6-20(16-23)25-24(26(30)19-10-14-22(34-3)15-11-19)27(31)28(32)29(25)17-18-8-12-21(33-2)13-9-18/h5-16,25,30H,4,17H2,1-3H3/b26-24-. The maximum absolute atomic E-state index is 13.3. The van der Waals surface area contributed by atoms with E-state index in [-0.39, 0.29) is 17.9 Å². The number of methoxy groups -OCH3 is 2. The molecule has 35 heavy (non-hydrogen) atoms. The predicted octanol–water partition coefficient (Wildman–Crippen LogP) is 4.72. The average Bonchev–Trinajstić information content (AvgIpc) is 3.14. The van der Waals surface area contributed by atoms with Gasteiger partial charge in [-0.15, -0.1) is 0 Å². The van der Waals surface area contributed by atoms with E-state index < -0.39 is 17.7 Å². The van der Waals surface area contributed by atoms with E-state index in [9.17, 15) is 14.7 Å². The highest BCUT2D eigenvalue weighted by molar-refractivity contribution is 6.46. The minimum Gasteiger partial charge on any atom is -0.507 e. The molecule has 4 rings (SSSR count). The van der Waals surface area contributed by atoms with Crippen LogP contribution in [0.1, 0.15) is 29.7 Å². The molecule has 1 amide bonds. The fourth-order valence-corrected chi connectivity index (χ4v) is 4.16. The molecule has 1 atom stereocenters. The van der Waals surface area contributed by atoms with Gasteiger partial charge in [0.15, 0.2) is 0 Å². The maximum atomic E-state index is 13.3. The Kier molecular flexibility index (Phi) is 7.06. The highest BCUT2D eigenvalue weighted by Crippen LogP contribution is 2.41. The zero-order valence-electron chi connectivity index (χ0n) is 19.9. The number of nitrogens with zero attached hydrogens (tertiary/aromatic N) is 1. The van der Waals surface area contributed by atoms with Gasteiger partial charge < -0.3 is 24.2 Å². The van der Waals surface area contributed by atoms with Crippen LogP contribution in [0.25, 0.3) is 5.76 Å². The summed E-state index contributed by atoms with van der Waals surface area (Å²) in [7, 11) is 3.13. The second-order valence-electron chi connectivity index (χ2n) is 8.01. The first-order chi connectivity index (χ1) is 17.0. The molecule has 0 bridgehead atoms. The van der Waals surface area contributed by atoms with Crippen molar-refractivity contribution in [2.45, 2.75) is 19.5 Å². The molecule has 0 radical (unpaired) electrons. The summed E-state index contributed by atoms with van der Waals surface area (Å²) in [5.74, 6) is 0.264. The molecule has 180 valence electrons. The van der Waals surface area contributed by atoms with Crippen molar-refractivity contribution in [1.29, 1.82) is 0 Å². The lowest BCUT2D eigenvalue weighted by molar-refractivity contribution is -0.140. The van der Waals surface area contributed by atoms with Gasteiger partial charge in [-0.2, -0.15) is 0 Å². The topological polar surface area (TPSA) is 85.3 Å². The van der Waals surface area contributed by atoms with Crippen molar-refractivity contribution >= 4 is 17.4 Å². The number of likely N-dealkylation sites (tertiary alicyclic amines) is 1. The Bertz CT molecular complexity index is 1250. The molecule has 0 aliphatic carbocycles. The van der Waals surface area contributed by atoms with Crippen LogP contribution in [0.2, 0.25) is 0 Å². The van der Waals surface area contributed by atoms with Gasteiger partial charge in [-0.05, 0) is 66.6 Å². The maximum Gasteiger partial charge on any atom is 0.295 e. The van der Waals surface area contributed by atoms with Crippen LogP contribution in [0.3, 0.4) is 0 Å². The van der Waals surface area contributed by atoms with E-state index in [1.165, 1.54) is 4.90 Å². The molecule has 3 aromatic carbocycles. The minimum absolute atomic E-state index is 0.0299. The first-order valence-electron chi connectivity index (χ1n) is 11.2. The predicted molar refractivity (Wildman–Crippen MR) is 131 cm³/mol. The number of ether oxygens (including phenoxy) is 3. The van der Waals surface area contributed by atoms with Gasteiger partial charge >= 0.3 is 0 Å². The number of hydrogen-bond acceptors (Lipinski definition) is 6. The Balaban J connectivity index is 1.82. The molecule has 1 aliphatic rings. The Morgan fingerprint density at radius 1 is 0.886 bits per heavy atom. The molecule has 1 N–H and O–H groups in total. The summed E-state index contributed by atoms with van der Waals surface area (Å²) in [5, 5.41) is 11.2. The van der Waals surface area contributed by atoms with E-state index in [4.69, 9.17) is 14.2 Å². The molecule has 7 heteroatoms. The van der Waals surface area contributed by atoms with Gasteiger partial charge in [0.05, 0.1) is 32.4 Å². The third-order valence-corrected chi connectivity index (χ3v) is 5.90. The normalized spacial score (nSPS) is 16.9. The van der Waals surface area contributed by atoms with Crippen LogP contribution >= 0.6 is 0 Å². The Morgan fingerprint density at radius 3 is 2.11 bits per heavy atom. The number of ketones is 1. The molecule has 0 spiro atoms. The number of hydrogen-bond donors (Lipinski definition) is 1. The van der Waals surface area contributed by atoms with Gasteiger partial charge in [0.2, 0.25) is 0 Å². The van der Waals surface area contributed by atoms with Crippen LogP contribution in [0, 0.1) is 0 Å². The van der Waals surface area contributed by atoms with Crippen molar-refractivity contribution < 1.29 is 28.9 Å². The van der Waals surface area contributed by atoms with Gasteiger partial charge in [0.1, 0.15) is 23.0 Å². The van der Waals surface area contributed by atoms with Crippen molar-refractivity contribution in [3.8, 4) is 17.2 Å². The van der Waals surface area contributed by atoms with E-state index in [0.717, 1.165) is 5.56 Å². The number of aliphatic hydroxyl groups is 1. The largest absolute Gasteiger partial charge is 0.507 e. The lowest BCUT2D eigenvalue weighted by atomic mass is 9.95. The van der Waals surface area contributed by atoms with E-state index in [0.29, 0.717) is 35.0 Å². The first kappa shape index (κ1) is 23.9. The lowest BCUT2D eigenvalue weighted by Gasteiger charge is -2.26. The molecular weight excluding hydrogens is 446 g/mol. The number of aliphatic hydroxyl groups excluding tert-OH is 1. The second-order valence-corrected chi connectivity index (χ2v) is 8.01. The Morgan fingerprint density at radius 2 is 1.51 bits per heavy atom. The second kappa shape index (κ2) is 10.3. The third-order valence-electron chi connectivity index (χ3n) is 5.90. The van der Waals surface area contributed by atoms with Crippen LogP contribution in [-0.2, 0) is 16.1 Å². The summed E-state index contributed by atoms with van der Waals surface area (Å²) in [5.41, 5.74) is 1.93. The van der Waals surface area contributed by atoms with Crippen molar-refractivity contribution in [3.63, 3.8) is 0 Å². The Hall–Kier alpha value is -4.26. The molecule has 1 heterocycles. The third kappa shape index (κ3) is 4.84. The fraction of sp³-hybridized carbons (Fsp3) is 0.214. The molecule has 0 aromatic heterocycles. The average molecular weight is 474 g/mol. The van der Waals surface area contributed by atoms with Gasteiger partial charge in [0.25, 0.3) is 11.7 Å². The van der Waals surface area contributed by atoms with Gasteiger partial charge in [-0.25, -0.2) is 0 Å². The molecular formula is C28H27NO6. The molecule has 1 unspecified atom stereocenters. The fourth-order valence-electron chi connectivity index (χ4n) is 4.16. The van der Waals surface area contributed by atoms with Crippen molar-refractivity contribution in [3.05, 3.63) is 95.1 Å². The van der Waals surface area contributed by atoms with Crippen molar-refractivity contribution in [2.24, 2.45) is 0 Å². The van der Waals surface area contributed by atoms with Crippen LogP contribution in [0.5, 0.6) is 17.2 Å². The highest BCUT2D eigenvalue weighted by atomic mass is 16.5. The van der Waals surface area contributed by atoms with Crippen LogP contribution in [0.15, 0.2) is 78.4 Å².